The lowest BCUT2D eigenvalue weighted by molar-refractivity contribution is -0.344. The van der Waals surface area contributed by atoms with E-state index >= 15 is 0 Å². The van der Waals surface area contributed by atoms with Crippen molar-refractivity contribution >= 4 is 62.2 Å². The Morgan fingerprint density at radius 3 is 1.89 bits per heavy atom. The van der Waals surface area contributed by atoms with Crippen molar-refractivity contribution < 1.29 is 23.1 Å². The van der Waals surface area contributed by atoms with Crippen molar-refractivity contribution in [2.24, 2.45) is 0 Å². The average Bonchev–Trinajstić information content (AvgIpc) is 3.49. The van der Waals surface area contributed by atoms with Crippen molar-refractivity contribution in [3.05, 3.63) is 126 Å². The minimum atomic E-state index is -5.19. The molecular weight excluding hydrogens is 524 g/mol. The molecule has 38 heavy (non-hydrogen) atoms. The average molecular weight is 547 g/mol. The molecule has 0 atom stereocenters. The molecule has 0 fully saturated rings. The molecule has 0 aliphatic carbocycles. The largest absolute Gasteiger partial charge is 0.542 e. The highest BCUT2D eigenvalue weighted by atomic mass is 32.1. The Balaban J connectivity index is 0.000000374. The van der Waals surface area contributed by atoms with Gasteiger partial charge in [0, 0.05) is 20.7 Å². The zero-order chi connectivity index (χ0) is 26.8. The minimum Gasteiger partial charge on any atom is -0.542 e. The second-order valence-corrected chi connectivity index (χ2v) is 13.4. The van der Waals surface area contributed by atoms with Crippen LogP contribution in [0.25, 0.3) is 21.7 Å². The number of benzene rings is 4. The maximum Gasteiger partial charge on any atom is 0.430 e. The van der Waals surface area contributed by atoms with Gasteiger partial charge in [0.15, 0.2) is 0 Å². The molecule has 7 heteroatoms. The first-order chi connectivity index (χ1) is 18.3. The van der Waals surface area contributed by atoms with Gasteiger partial charge in [0.1, 0.15) is 29.1 Å². The standard InChI is InChI=1S/C29H22PS.C2HF3O2/c1-3-12-24(13-4-1)30(25-14-5-2-6-15-25)21-23(27-16-8-9-17-28(27)30)20-26-19-22-11-7-10-18-29(22)31-26;3-2(4,5)1(6)7/h1-20H,21H2;(H,6,7)/q+1;/p-1/b23-20+;. The predicted molar refractivity (Wildman–Crippen MR) is 151 cm³/mol. The Kier molecular flexibility index (Phi) is 7.20. The van der Waals surface area contributed by atoms with Crippen LogP contribution in [-0.2, 0) is 4.79 Å². The summed E-state index contributed by atoms with van der Waals surface area (Å²) in [6.07, 6.45) is -1.67. The van der Waals surface area contributed by atoms with E-state index in [1.807, 2.05) is 11.3 Å². The first-order valence-electron chi connectivity index (χ1n) is 11.9. The molecule has 2 nitrogen and oxygen atoms in total. The zero-order valence-corrected chi connectivity index (χ0v) is 21.8. The number of aliphatic carboxylic acids is 1. The molecule has 0 bridgehead atoms. The van der Waals surface area contributed by atoms with E-state index in [0.717, 1.165) is 6.16 Å². The summed E-state index contributed by atoms with van der Waals surface area (Å²) < 4.78 is 32.9. The van der Waals surface area contributed by atoms with Gasteiger partial charge in [-0.25, -0.2) is 0 Å². The van der Waals surface area contributed by atoms with Gasteiger partial charge in [0.05, 0.1) is 6.16 Å². The van der Waals surface area contributed by atoms with Crippen molar-refractivity contribution in [3.63, 3.8) is 0 Å². The monoisotopic (exact) mass is 546 g/mol. The molecule has 0 radical (unpaired) electrons. The highest BCUT2D eigenvalue weighted by Crippen LogP contribution is 2.63. The number of thiophene rings is 1. The number of fused-ring (bicyclic) bond motifs is 2. The molecule has 1 aliphatic heterocycles. The fourth-order valence-corrected chi connectivity index (χ4v) is 10.4. The highest BCUT2D eigenvalue weighted by Gasteiger charge is 2.52. The molecule has 1 aliphatic rings. The molecule has 0 amide bonds. The first-order valence-corrected chi connectivity index (χ1v) is 14.6. The van der Waals surface area contributed by atoms with Crippen LogP contribution in [0.4, 0.5) is 13.2 Å². The maximum atomic E-state index is 10.5. The molecule has 2 heterocycles. The number of rotatable bonds is 3. The predicted octanol–water partition coefficient (Wildman–Crippen LogP) is 6.05. The smallest absolute Gasteiger partial charge is 0.430 e. The summed E-state index contributed by atoms with van der Waals surface area (Å²) >= 11 is 1.89. The van der Waals surface area contributed by atoms with E-state index in [9.17, 15) is 13.2 Å². The number of hydrogen-bond donors (Lipinski definition) is 0. The van der Waals surface area contributed by atoms with Gasteiger partial charge < -0.3 is 9.90 Å². The Morgan fingerprint density at radius 1 is 0.789 bits per heavy atom. The third-order valence-electron chi connectivity index (χ3n) is 6.46. The lowest BCUT2D eigenvalue weighted by Gasteiger charge is -2.23. The summed E-state index contributed by atoms with van der Waals surface area (Å²) in [5, 5.41) is 14.6. The van der Waals surface area contributed by atoms with E-state index in [2.05, 4.69) is 121 Å². The van der Waals surface area contributed by atoms with Crippen LogP contribution in [0.1, 0.15) is 10.4 Å². The Labute approximate surface area is 223 Å². The lowest BCUT2D eigenvalue weighted by atomic mass is 10.1. The third-order valence-corrected chi connectivity index (χ3v) is 11.9. The van der Waals surface area contributed by atoms with E-state index in [1.54, 1.807) is 0 Å². The maximum absolute atomic E-state index is 10.5. The lowest BCUT2D eigenvalue weighted by Crippen LogP contribution is -2.37. The van der Waals surface area contributed by atoms with Gasteiger partial charge in [0.25, 0.3) is 0 Å². The fourth-order valence-electron chi connectivity index (χ4n) is 4.85. The summed E-state index contributed by atoms with van der Waals surface area (Å²) in [5.41, 5.74) is 2.88. The quantitative estimate of drug-likeness (QED) is 0.259. The number of allylic oxidation sites excluding steroid dienone is 1. The van der Waals surface area contributed by atoms with E-state index in [-0.39, 0.29) is 0 Å². The summed E-state index contributed by atoms with van der Waals surface area (Å²) in [6.45, 7) is 0. The molecule has 0 saturated heterocycles. The number of carboxylic acids is 1. The van der Waals surface area contributed by atoms with E-state index in [1.165, 1.54) is 42.0 Å². The number of carbonyl (C=O) groups is 1. The van der Waals surface area contributed by atoms with E-state index in [4.69, 9.17) is 9.90 Å². The topological polar surface area (TPSA) is 40.1 Å². The number of carbonyl (C=O) groups excluding carboxylic acids is 1. The number of hydrogen-bond acceptors (Lipinski definition) is 3. The van der Waals surface area contributed by atoms with Gasteiger partial charge >= 0.3 is 6.18 Å². The molecule has 0 N–H and O–H groups in total. The van der Waals surface area contributed by atoms with Gasteiger partial charge in [0.2, 0.25) is 0 Å². The van der Waals surface area contributed by atoms with Crippen LogP contribution >= 0.6 is 18.6 Å². The molecule has 190 valence electrons. The first kappa shape index (κ1) is 25.9. The summed E-state index contributed by atoms with van der Waals surface area (Å²) in [6, 6.07) is 42.4. The molecule has 5 aromatic rings. The van der Waals surface area contributed by atoms with Crippen molar-refractivity contribution in [1.82, 2.24) is 0 Å². The van der Waals surface area contributed by atoms with Crippen molar-refractivity contribution in [3.8, 4) is 0 Å². The summed E-state index contributed by atoms with van der Waals surface area (Å²) in [5.74, 6) is -3.01. The Bertz CT molecular complexity index is 1540. The number of alkyl halides is 3. The van der Waals surface area contributed by atoms with Crippen LogP contribution in [-0.4, -0.2) is 18.3 Å². The van der Waals surface area contributed by atoms with E-state index in [0.29, 0.717) is 0 Å². The normalized spacial score (nSPS) is 15.1. The molecule has 0 saturated carbocycles. The van der Waals surface area contributed by atoms with E-state index < -0.39 is 19.4 Å². The Hall–Kier alpha value is -3.73. The van der Waals surface area contributed by atoms with Gasteiger partial charge in [-0.3, -0.25) is 0 Å². The number of carboxylic acid groups (broad SMARTS) is 1. The zero-order valence-electron chi connectivity index (χ0n) is 20.1. The van der Waals surface area contributed by atoms with Crippen molar-refractivity contribution in [2.75, 3.05) is 6.16 Å². The SMILES string of the molecule is C(=C1/C[P+](c2ccccc2)(c2ccccc2)c2ccccc21)/c1cc2ccccc2s1.O=C([O-])C(F)(F)F. The molecule has 4 aromatic carbocycles. The van der Waals surface area contributed by atoms with Gasteiger partial charge in [-0.2, -0.15) is 13.2 Å². The second-order valence-electron chi connectivity index (χ2n) is 8.80. The molecular formula is C31H22F3O2PS. The number of halogens is 3. The van der Waals surface area contributed by atoms with Crippen LogP contribution in [0.15, 0.2) is 115 Å². The van der Waals surface area contributed by atoms with Crippen LogP contribution in [0.5, 0.6) is 0 Å². The third kappa shape index (κ3) is 5.02. The van der Waals surface area contributed by atoms with Crippen LogP contribution in [0, 0.1) is 0 Å². The van der Waals surface area contributed by atoms with Crippen LogP contribution in [0.2, 0.25) is 0 Å². The van der Waals surface area contributed by atoms with Gasteiger partial charge in [-0.05, 0) is 53.9 Å². The summed E-state index contributed by atoms with van der Waals surface area (Å²) in [7, 11) is -1.73. The molecule has 0 unspecified atom stereocenters. The molecule has 0 spiro atoms. The van der Waals surface area contributed by atoms with Gasteiger partial charge in [-0.15, -0.1) is 11.3 Å². The van der Waals surface area contributed by atoms with Crippen LogP contribution in [0.3, 0.4) is 0 Å². The van der Waals surface area contributed by atoms with Crippen molar-refractivity contribution in [2.45, 2.75) is 6.18 Å². The molecule has 6 rings (SSSR count). The molecule has 1 aromatic heterocycles. The summed E-state index contributed by atoms with van der Waals surface area (Å²) in [4.78, 5) is 10.1. The minimum absolute atomic E-state index is 1.08. The van der Waals surface area contributed by atoms with Crippen molar-refractivity contribution in [1.29, 1.82) is 0 Å². The highest BCUT2D eigenvalue weighted by molar-refractivity contribution is 7.96. The van der Waals surface area contributed by atoms with Crippen LogP contribution < -0.4 is 21.0 Å². The van der Waals surface area contributed by atoms with Gasteiger partial charge in [-0.1, -0.05) is 72.8 Å². The second kappa shape index (κ2) is 10.6. The fraction of sp³-hybridized carbons (Fsp3) is 0.0645. The Morgan fingerprint density at radius 2 is 1.32 bits per heavy atom.